The third-order valence-electron chi connectivity index (χ3n) is 6.06. The highest BCUT2D eigenvalue weighted by molar-refractivity contribution is 8.15. The van der Waals surface area contributed by atoms with Gasteiger partial charge in [0.2, 0.25) is 5.91 Å². The molecule has 2 unspecified atom stereocenters. The van der Waals surface area contributed by atoms with Gasteiger partial charge < -0.3 is 5.32 Å². The summed E-state index contributed by atoms with van der Waals surface area (Å²) < 4.78 is 13.4. The number of amidine groups is 1. The molecule has 0 spiro atoms. The quantitative estimate of drug-likeness (QED) is 0.384. The Kier molecular flexibility index (Phi) is 7.33. The Labute approximate surface area is 227 Å². The lowest BCUT2D eigenvalue weighted by Crippen LogP contribution is -2.25. The Hall–Kier alpha value is -3.20. The number of nitrogens with zero attached hydrogens (tertiary/aromatic N) is 3. The third kappa shape index (κ3) is 5.56. The van der Waals surface area contributed by atoms with Gasteiger partial charge in [0.25, 0.3) is 5.91 Å². The van der Waals surface area contributed by atoms with Crippen LogP contribution in [0.5, 0.6) is 0 Å². The van der Waals surface area contributed by atoms with Crippen LogP contribution in [0.3, 0.4) is 0 Å². The first-order valence-electron chi connectivity index (χ1n) is 11.5. The lowest BCUT2D eigenvalue weighted by atomic mass is 9.98. The number of amides is 2. The first-order chi connectivity index (χ1) is 17.8. The van der Waals surface area contributed by atoms with Gasteiger partial charge >= 0.3 is 0 Å². The number of anilines is 1. The molecule has 0 bridgehead atoms. The first kappa shape index (κ1) is 25.4. The minimum Gasteiger partial charge on any atom is -0.326 e. The lowest BCUT2D eigenvalue weighted by molar-refractivity contribution is -0.121. The summed E-state index contributed by atoms with van der Waals surface area (Å²) in [5, 5.41) is 9.43. The Morgan fingerprint density at radius 3 is 2.59 bits per heavy atom. The molecule has 0 aromatic heterocycles. The summed E-state index contributed by atoms with van der Waals surface area (Å²) in [4.78, 5) is 29.6. The van der Waals surface area contributed by atoms with E-state index >= 15 is 0 Å². The molecular weight excluding hydrogens is 534 g/mol. The van der Waals surface area contributed by atoms with Gasteiger partial charge in [-0.3, -0.25) is 9.59 Å². The van der Waals surface area contributed by atoms with Gasteiger partial charge in [-0.25, -0.2) is 9.40 Å². The van der Waals surface area contributed by atoms with Crippen molar-refractivity contribution < 1.29 is 14.0 Å². The Morgan fingerprint density at radius 2 is 1.86 bits per heavy atom. The second-order valence-corrected chi connectivity index (χ2v) is 10.7. The van der Waals surface area contributed by atoms with Crippen LogP contribution in [0.2, 0.25) is 10.0 Å². The number of carbonyl (C=O) groups is 2. The highest BCUT2D eigenvalue weighted by Gasteiger charge is 2.39. The number of aliphatic imine (C=N–C) groups is 1. The van der Waals surface area contributed by atoms with E-state index in [1.165, 1.54) is 30.0 Å². The number of benzene rings is 3. The maximum absolute atomic E-state index is 13.4. The average molecular weight is 555 g/mol. The van der Waals surface area contributed by atoms with Gasteiger partial charge in [-0.1, -0.05) is 83.0 Å². The van der Waals surface area contributed by atoms with E-state index in [2.05, 4.69) is 10.3 Å². The largest absolute Gasteiger partial charge is 0.326 e. The van der Waals surface area contributed by atoms with Crippen LogP contribution in [0.25, 0.3) is 0 Å². The van der Waals surface area contributed by atoms with Crippen molar-refractivity contribution in [2.45, 2.75) is 31.1 Å². The molecule has 2 aliphatic rings. The van der Waals surface area contributed by atoms with Crippen LogP contribution in [-0.4, -0.2) is 33.0 Å². The zero-order valence-corrected chi connectivity index (χ0v) is 21.9. The molecule has 2 amide bonds. The number of hydrogen-bond acceptors (Lipinski definition) is 5. The summed E-state index contributed by atoms with van der Waals surface area (Å²) in [6.07, 6.45) is 0.474. The van der Waals surface area contributed by atoms with Gasteiger partial charge in [-0.15, -0.1) is 0 Å². The van der Waals surface area contributed by atoms with Crippen LogP contribution in [-0.2, 0) is 9.59 Å². The molecule has 5 rings (SSSR count). The number of rotatable bonds is 5. The average Bonchev–Trinajstić information content (AvgIpc) is 3.46. The summed E-state index contributed by atoms with van der Waals surface area (Å²) in [5.41, 5.74) is 4.20. The smallest absolute Gasteiger partial charge is 0.262 e. The normalized spacial score (nSPS) is 19.1. The first-order valence-corrected chi connectivity index (χ1v) is 13.1. The summed E-state index contributed by atoms with van der Waals surface area (Å²) in [6.45, 7) is 2.02. The minimum atomic E-state index is -0.712. The monoisotopic (exact) mass is 554 g/mol. The van der Waals surface area contributed by atoms with E-state index in [0.29, 0.717) is 22.3 Å². The molecule has 6 nitrogen and oxygen atoms in total. The molecule has 0 fully saturated rings. The van der Waals surface area contributed by atoms with E-state index in [-0.39, 0.29) is 17.5 Å². The van der Waals surface area contributed by atoms with Gasteiger partial charge in [0.15, 0.2) is 5.17 Å². The number of hydrogen-bond donors (Lipinski definition) is 1. The number of hydrazone groups is 1. The van der Waals surface area contributed by atoms with E-state index < -0.39 is 22.9 Å². The van der Waals surface area contributed by atoms with Crippen molar-refractivity contribution in [3.63, 3.8) is 0 Å². The molecule has 3 aromatic carbocycles. The maximum Gasteiger partial charge on any atom is 0.262 e. The highest BCUT2D eigenvalue weighted by atomic mass is 35.5. The number of carbonyl (C=O) groups excluding carboxylic acids is 2. The van der Waals surface area contributed by atoms with Crippen molar-refractivity contribution in [2.75, 3.05) is 5.32 Å². The van der Waals surface area contributed by atoms with Crippen molar-refractivity contribution in [1.82, 2.24) is 5.01 Å². The zero-order valence-electron chi connectivity index (χ0n) is 19.6. The Balaban J connectivity index is 1.35. The van der Waals surface area contributed by atoms with Crippen LogP contribution < -0.4 is 5.32 Å². The van der Waals surface area contributed by atoms with E-state index in [1.54, 1.807) is 5.01 Å². The number of aryl methyl sites for hydroxylation is 1. The predicted molar refractivity (Wildman–Crippen MR) is 147 cm³/mol. The fourth-order valence-corrected chi connectivity index (χ4v) is 5.66. The molecule has 3 aromatic rings. The molecule has 0 aliphatic carbocycles. The summed E-state index contributed by atoms with van der Waals surface area (Å²) in [6, 6.07) is 19.3. The highest BCUT2D eigenvalue weighted by Crippen LogP contribution is 2.40. The topological polar surface area (TPSA) is 74.1 Å². The number of thioether (sulfide) groups is 1. The molecule has 0 saturated heterocycles. The number of nitrogens with one attached hydrogen (secondary N) is 1. The van der Waals surface area contributed by atoms with Crippen molar-refractivity contribution in [3.8, 4) is 0 Å². The van der Waals surface area contributed by atoms with E-state index in [0.717, 1.165) is 22.4 Å². The molecule has 2 aliphatic heterocycles. The van der Waals surface area contributed by atoms with Gasteiger partial charge in [0, 0.05) is 23.6 Å². The molecule has 1 N–H and O–H groups in total. The van der Waals surface area contributed by atoms with Crippen LogP contribution in [0.1, 0.15) is 35.6 Å². The standard InChI is InChI=1S/C27H21Cl2FN4O2S/c1-15-6-8-16(9-7-15)22-13-23(18-4-2-3-5-19(18)28)34(33-22)27-32-26(36)24(37-27)14-25(35)31-17-10-11-21(30)20(29)12-17/h2-12,23-24H,13-14H2,1H3,(H,31,35). The summed E-state index contributed by atoms with van der Waals surface area (Å²) in [5.74, 6) is -1.40. The second kappa shape index (κ2) is 10.7. The SMILES string of the molecule is Cc1ccc(C2=NN(C3=NC(=O)C(CC(=O)Nc4ccc(F)c(Cl)c4)S3)C(c3ccccc3Cl)C2)cc1. The Morgan fingerprint density at radius 1 is 1.11 bits per heavy atom. The van der Waals surface area contributed by atoms with Gasteiger partial charge in [-0.2, -0.15) is 10.1 Å². The molecule has 2 atom stereocenters. The van der Waals surface area contributed by atoms with Crippen molar-refractivity contribution in [3.05, 3.63) is 99.3 Å². The van der Waals surface area contributed by atoms with E-state index in [1.807, 2.05) is 55.5 Å². The molecule has 0 radical (unpaired) electrons. The number of halogens is 3. The molecular formula is C27H21Cl2FN4O2S. The van der Waals surface area contributed by atoms with Crippen LogP contribution in [0.15, 0.2) is 76.8 Å². The van der Waals surface area contributed by atoms with Gasteiger partial charge in [0.1, 0.15) is 11.1 Å². The molecule has 37 heavy (non-hydrogen) atoms. The molecule has 0 saturated carbocycles. The lowest BCUT2D eigenvalue weighted by Gasteiger charge is -2.23. The summed E-state index contributed by atoms with van der Waals surface area (Å²) in [7, 11) is 0. The third-order valence-corrected chi connectivity index (χ3v) is 7.83. The second-order valence-electron chi connectivity index (χ2n) is 8.72. The van der Waals surface area contributed by atoms with Crippen molar-refractivity contribution >= 4 is 63.3 Å². The van der Waals surface area contributed by atoms with Gasteiger partial charge in [0.05, 0.1) is 16.8 Å². The van der Waals surface area contributed by atoms with Crippen molar-refractivity contribution in [2.24, 2.45) is 10.1 Å². The molecule has 10 heteroatoms. The maximum atomic E-state index is 13.4. The van der Waals surface area contributed by atoms with Crippen LogP contribution in [0.4, 0.5) is 10.1 Å². The van der Waals surface area contributed by atoms with Gasteiger partial charge in [-0.05, 0) is 42.3 Å². The van der Waals surface area contributed by atoms with Crippen LogP contribution >= 0.6 is 35.0 Å². The van der Waals surface area contributed by atoms with Crippen molar-refractivity contribution in [1.29, 1.82) is 0 Å². The Bertz CT molecular complexity index is 1440. The fraction of sp³-hybridized carbons (Fsp3) is 0.185. The van der Waals surface area contributed by atoms with E-state index in [9.17, 15) is 14.0 Å². The fourth-order valence-electron chi connectivity index (χ4n) is 4.15. The summed E-state index contributed by atoms with van der Waals surface area (Å²) >= 11 is 13.5. The molecule has 188 valence electrons. The predicted octanol–water partition coefficient (Wildman–Crippen LogP) is 6.62. The zero-order chi connectivity index (χ0) is 26.1. The van der Waals surface area contributed by atoms with E-state index in [4.69, 9.17) is 28.3 Å². The molecule has 2 heterocycles. The minimum absolute atomic E-state index is 0.100. The van der Waals surface area contributed by atoms with Crippen LogP contribution in [0, 0.1) is 12.7 Å².